The van der Waals surface area contributed by atoms with Crippen LogP contribution in [0.5, 0.6) is 5.75 Å². The molecule has 0 amide bonds. The molecular weight excluding hydrogens is 463 g/mol. The van der Waals surface area contributed by atoms with Crippen LogP contribution in [0.2, 0.25) is 0 Å². The molecular formula is C24H32F3N5O3. The van der Waals surface area contributed by atoms with Gasteiger partial charge in [0.25, 0.3) is 0 Å². The molecule has 0 radical (unpaired) electrons. The van der Waals surface area contributed by atoms with Crippen molar-refractivity contribution in [2.45, 2.75) is 32.2 Å². The number of benzene rings is 1. The smallest absolute Gasteiger partial charge is 0.416 e. The lowest BCUT2D eigenvalue weighted by Gasteiger charge is -2.31. The first-order valence-corrected chi connectivity index (χ1v) is 11.4. The second-order valence-corrected chi connectivity index (χ2v) is 8.60. The second-order valence-electron chi connectivity index (χ2n) is 8.60. The number of aliphatic hydroxyl groups is 1. The molecule has 3 rings (SSSR count). The molecule has 0 bridgehead atoms. The average Bonchev–Trinajstić information content (AvgIpc) is 2.82. The summed E-state index contributed by atoms with van der Waals surface area (Å²) in [7, 11) is 1.66. The minimum Gasteiger partial charge on any atom is -0.491 e. The van der Waals surface area contributed by atoms with Crippen molar-refractivity contribution >= 4 is 17.7 Å². The first kappa shape index (κ1) is 26.7. The molecule has 1 aliphatic heterocycles. The van der Waals surface area contributed by atoms with Crippen molar-refractivity contribution < 1.29 is 27.8 Å². The first-order chi connectivity index (χ1) is 16.6. The molecule has 35 heavy (non-hydrogen) atoms. The van der Waals surface area contributed by atoms with Crippen LogP contribution in [0.25, 0.3) is 11.3 Å². The van der Waals surface area contributed by atoms with Crippen molar-refractivity contribution in [1.82, 2.24) is 10.3 Å². The summed E-state index contributed by atoms with van der Waals surface area (Å²) in [5, 5.41) is 23.9. The van der Waals surface area contributed by atoms with Gasteiger partial charge < -0.3 is 35.5 Å². The molecule has 1 aromatic carbocycles. The van der Waals surface area contributed by atoms with Crippen LogP contribution in [0.3, 0.4) is 0 Å². The van der Waals surface area contributed by atoms with Crippen molar-refractivity contribution in [2.75, 3.05) is 56.7 Å². The van der Waals surface area contributed by atoms with Crippen molar-refractivity contribution in [3.05, 3.63) is 35.4 Å². The van der Waals surface area contributed by atoms with Crippen LogP contribution in [0.15, 0.2) is 24.3 Å². The monoisotopic (exact) mass is 495 g/mol. The van der Waals surface area contributed by atoms with Gasteiger partial charge >= 0.3 is 6.18 Å². The second kappa shape index (κ2) is 11.7. The van der Waals surface area contributed by atoms with E-state index in [1.54, 1.807) is 13.1 Å². The Bertz CT molecular complexity index is 1010. The van der Waals surface area contributed by atoms with E-state index in [0.29, 0.717) is 49.1 Å². The SMILES string of the molecule is CNCC(O)COc1cc(-c2cc(N3CCOCC3)c(C=N)c(NC(C)C)n2)cc(C(F)(F)F)c1. The van der Waals surface area contributed by atoms with E-state index in [2.05, 4.69) is 15.6 Å². The van der Waals surface area contributed by atoms with Crippen molar-refractivity contribution in [2.24, 2.45) is 0 Å². The first-order valence-electron chi connectivity index (χ1n) is 11.4. The Kier molecular flexibility index (Phi) is 8.92. The highest BCUT2D eigenvalue weighted by molar-refractivity contribution is 5.94. The average molecular weight is 496 g/mol. The van der Waals surface area contributed by atoms with Crippen LogP contribution in [0, 0.1) is 5.41 Å². The van der Waals surface area contributed by atoms with Crippen molar-refractivity contribution in [3.8, 4) is 17.0 Å². The van der Waals surface area contributed by atoms with Gasteiger partial charge in [-0.2, -0.15) is 13.2 Å². The minimum atomic E-state index is -4.60. The molecule has 4 N–H and O–H groups in total. The number of hydrogen-bond donors (Lipinski definition) is 4. The Morgan fingerprint density at radius 2 is 1.94 bits per heavy atom. The van der Waals surface area contributed by atoms with Gasteiger partial charge in [-0.25, -0.2) is 4.98 Å². The maximum Gasteiger partial charge on any atom is 0.416 e. The lowest BCUT2D eigenvalue weighted by Crippen LogP contribution is -2.37. The lowest BCUT2D eigenvalue weighted by molar-refractivity contribution is -0.137. The van der Waals surface area contributed by atoms with Crippen molar-refractivity contribution in [1.29, 1.82) is 5.41 Å². The highest BCUT2D eigenvalue weighted by atomic mass is 19.4. The minimum absolute atomic E-state index is 0.0111. The molecule has 1 unspecified atom stereocenters. The molecule has 192 valence electrons. The maximum atomic E-state index is 13.7. The number of aromatic nitrogens is 1. The highest BCUT2D eigenvalue weighted by Gasteiger charge is 2.32. The molecule has 1 aliphatic rings. The van der Waals surface area contributed by atoms with Gasteiger partial charge in [-0.3, -0.25) is 0 Å². The quantitative estimate of drug-likeness (QED) is 0.375. The fraction of sp³-hybridized carbons (Fsp3) is 0.500. The summed E-state index contributed by atoms with van der Waals surface area (Å²) in [5.74, 6) is 0.396. The number of aliphatic hydroxyl groups excluding tert-OH is 1. The van der Waals surface area contributed by atoms with Crippen molar-refractivity contribution in [3.63, 3.8) is 0 Å². The van der Waals surface area contributed by atoms with Crippen LogP contribution >= 0.6 is 0 Å². The number of ether oxygens (including phenoxy) is 2. The number of nitrogens with one attached hydrogen (secondary N) is 3. The Morgan fingerprint density at radius 3 is 2.54 bits per heavy atom. The lowest BCUT2D eigenvalue weighted by atomic mass is 10.0. The summed E-state index contributed by atoms with van der Waals surface area (Å²) in [6.07, 6.45) is -4.27. The van der Waals surface area contributed by atoms with Gasteiger partial charge in [0, 0.05) is 37.5 Å². The highest BCUT2D eigenvalue weighted by Crippen LogP contribution is 2.37. The molecule has 0 aliphatic carbocycles. The molecule has 2 aromatic rings. The van der Waals surface area contributed by atoms with Crippen LogP contribution in [0.4, 0.5) is 24.7 Å². The standard InChI is InChI=1S/C24H32F3N5O3/c1-15(2)30-23-20(12-28)22(32-4-6-34-7-5-32)11-21(31-23)16-8-17(24(25,26)27)10-19(9-16)35-14-18(33)13-29-3/h8-12,15,18,28-29,33H,4-7,13-14H2,1-3H3,(H,30,31). The predicted octanol–water partition coefficient (Wildman–Crippen LogP) is 3.38. The molecule has 1 saturated heterocycles. The zero-order valence-electron chi connectivity index (χ0n) is 20.1. The van der Waals surface area contributed by atoms with E-state index >= 15 is 0 Å². The number of morpholine rings is 1. The molecule has 0 saturated carbocycles. The summed E-state index contributed by atoms with van der Waals surface area (Å²) in [6.45, 7) is 6.12. The summed E-state index contributed by atoms with van der Waals surface area (Å²) in [6, 6.07) is 5.12. The van der Waals surface area contributed by atoms with Gasteiger partial charge in [0.1, 0.15) is 24.3 Å². The fourth-order valence-electron chi connectivity index (χ4n) is 3.76. The molecule has 0 spiro atoms. The molecule has 1 fully saturated rings. The predicted molar refractivity (Wildman–Crippen MR) is 130 cm³/mol. The number of pyridine rings is 1. The normalized spacial score (nSPS) is 15.3. The van der Waals surface area contributed by atoms with E-state index in [-0.39, 0.29) is 30.5 Å². The summed E-state index contributed by atoms with van der Waals surface area (Å²) in [4.78, 5) is 6.64. The number of rotatable bonds is 10. The topological polar surface area (TPSA) is 103 Å². The molecule has 1 aromatic heterocycles. The van der Waals surface area contributed by atoms with Gasteiger partial charge in [0.2, 0.25) is 0 Å². The Hall–Kier alpha value is -2.89. The number of likely N-dealkylation sites (N-methyl/N-ethyl adjacent to an activating group) is 1. The van der Waals surface area contributed by atoms with E-state index in [1.165, 1.54) is 12.3 Å². The largest absolute Gasteiger partial charge is 0.491 e. The maximum absolute atomic E-state index is 13.7. The Balaban J connectivity index is 2.11. The third kappa shape index (κ3) is 7.06. The molecule has 11 heteroatoms. The van der Waals surface area contributed by atoms with Gasteiger partial charge in [0.05, 0.1) is 35.7 Å². The number of halogens is 3. The van der Waals surface area contributed by atoms with Gasteiger partial charge in [0.15, 0.2) is 0 Å². The molecule has 8 nitrogen and oxygen atoms in total. The zero-order chi connectivity index (χ0) is 25.6. The zero-order valence-corrected chi connectivity index (χ0v) is 20.1. The van der Waals surface area contributed by atoms with Gasteiger partial charge in [-0.1, -0.05) is 0 Å². The summed E-state index contributed by atoms with van der Waals surface area (Å²) < 4.78 is 52.1. The van der Waals surface area contributed by atoms with Crippen LogP contribution < -0.4 is 20.3 Å². The number of nitrogens with zero attached hydrogens (tertiary/aromatic N) is 2. The van der Waals surface area contributed by atoms with E-state index < -0.39 is 17.8 Å². The van der Waals surface area contributed by atoms with E-state index in [0.717, 1.165) is 12.1 Å². The van der Waals surface area contributed by atoms with E-state index in [4.69, 9.17) is 14.9 Å². The Morgan fingerprint density at radius 1 is 1.23 bits per heavy atom. The van der Waals surface area contributed by atoms with Gasteiger partial charge in [-0.15, -0.1) is 0 Å². The third-order valence-corrected chi connectivity index (χ3v) is 5.37. The number of anilines is 2. The third-order valence-electron chi connectivity index (χ3n) is 5.37. The van der Waals surface area contributed by atoms with Crippen LogP contribution in [-0.4, -0.2) is 75.0 Å². The van der Waals surface area contributed by atoms with Crippen LogP contribution in [0.1, 0.15) is 25.0 Å². The number of hydrogen-bond acceptors (Lipinski definition) is 8. The van der Waals surface area contributed by atoms with Gasteiger partial charge in [-0.05, 0) is 45.2 Å². The fourth-order valence-corrected chi connectivity index (χ4v) is 3.76. The molecule has 1 atom stereocenters. The molecule has 2 heterocycles. The number of alkyl halides is 3. The summed E-state index contributed by atoms with van der Waals surface area (Å²) in [5.41, 5.74) is 0.906. The van der Waals surface area contributed by atoms with Crippen LogP contribution in [-0.2, 0) is 10.9 Å². The summed E-state index contributed by atoms with van der Waals surface area (Å²) >= 11 is 0. The van der Waals surface area contributed by atoms with E-state index in [9.17, 15) is 18.3 Å². The van der Waals surface area contributed by atoms with E-state index in [1.807, 2.05) is 18.7 Å². The Labute approximate surface area is 203 Å².